The number of hydrogen-bond donors (Lipinski definition) is 0. The highest BCUT2D eigenvalue weighted by Gasteiger charge is 2.18. The van der Waals surface area contributed by atoms with Gasteiger partial charge in [0.05, 0.1) is 19.4 Å². The molecule has 92 valence electrons. The van der Waals surface area contributed by atoms with E-state index in [0.717, 1.165) is 18.7 Å². The van der Waals surface area contributed by atoms with Gasteiger partial charge in [-0.2, -0.15) is 0 Å². The van der Waals surface area contributed by atoms with Crippen molar-refractivity contribution in [1.82, 2.24) is 14.5 Å². The summed E-state index contributed by atoms with van der Waals surface area (Å²) in [5.74, 6) is 6.31. The minimum absolute atomic E-state index is 0. The molecule has 5 heteroatoms. The average molecular weight is 298 g/mol. The van der Waals surface area contributed by atoms with E-state index in [1.54, 1.807) is 6.33 Å². The fourth-order valence-corrected chi connectivity index (χ4v) is 1.72. The second kappa shape index (κ2) is 6.45. The normalized spacial score (nSPS) is 14.2. The SMILES string of the molecule is Br.Cc1cncn1CC#CCN1CCCC1=O. The van der Waals surface area contributed by atoms with Gasteiger partial charge in [0.25, 0.3) is 0 Å². The maximum Gasteiger partial charge on any atom is 0.223 e. The molecule has 1 aromatic heterocycles. The monoisotopic (exact) mass is 297 g/mol. The molecule has 0 spiro atoms. The summed E-state index contributed by atoms with van der Waals surface area (Å²) in [5.41, 5.74) is 1.10. The zero-order chi connectivity index (χ0) is 11.4. The number of halogens is 1. The highest BCUT2D eigenvalue weighted by molar-refractivity contribution is 8.93. The number of hydrogen-bond acceptors (Lipinski definition) is 2. The molecule has 0 aromatic carbocycles. The van der Waals surface area contributed by atoms with Crippen molar-refractivity contribution in [2.45, 2.75) is 26.3 Å². The average Bonchev–Trinajstić information content (AvgIpc) is 2.84. The Hall–Kier alpha value is -1.28. The number of imidazole rings is 1. The predicted octanol–water partition coefficient (Wildman–Crippen LogP) is 1.40. The molecule has 0 aliphatic carbocycles. The van der Waals surface area contributed by atoms with Gasteiger partial charge in [0.15, 0.2) is 0 Å². The van der Waals surface area contributed by atoms with Crippen LogP contribution < -0.4 is 0 Å². The van der Waals surface area contributed by atoms with E-state index in [-0.39, 0.29) is 22.9 Å². The summed E-state index contributed by atoms with van der Waals surface area (Å²) in [4.78, 5) is 17.1. The van der Waals surface area contributed by atoms with Gasteiger partial charge in [-0.05, 0) is 13.3 Å². The van der Waals surface area contributed by atoms with Crippen LogP contribution in [0.1, 0.15) is 18.5 Å². The van der Waals surface area contributed by atoms with Crippen LogP contribution in [0, 0.1) is 18.8 Å². The summed E-state index contributed by atoms with van der Waals surface area (Å²) in [6.45, 7) is 4.07. The first-order valence-electron chi connectivity index (χ1n) is 5.47. The molecule has 1 aliphatic heterocycles. The van der Waals surface area contributed by atoms with Crippen molar-refractivity contribution in [2.24, 2.45) is 0 Å². The molecular weight excluding hydrogens is 282 g/mol. The van der Waals surface area contributed by atoms with E-state index < -0.39 is 0 Å². The molecule has 17 heavy (non-hydrogen) atoms. The van der Waals surface area contributed by atoms with E-state index in [2.05, 4.69) is 16.8 Å². The number of likely N-dealkylation sites (tertiary alicyclic amines) is 1. The first-order chi connectivity index (χ1) is 7.77. The van der Waals surface area contributed by atoms with E-state index in [9.17, 15) is 4.79 Å². The summed E-state index contributed by atoms with van der Waals surface area (Å²) in [5, 5.41) is 0. The zero-order valence-electron chi connectivity index (χ0n) is 9.85. The minimum Gasteiger partial charge on any atom is -0.332 e. The van der Waals surface area contributed by atoms with E-state index in [4.69, 9.17) is 0 Å². The van der Waals surface area contributed by atoms with E-state index >= 15 is 0 Å². The standard InChI is InChI=1S/C12H15N3O.BrH/c1-11-9-13-10-15(11)7-3-2-6-14-8-4-5-12(14)16;/h9-10H,4-8H2,1H3;1H. The van der Waals surface area contributed by atoms with Gasteiger partial charge in [0, 0.05) is 24.9 Å². The Balaban J connectivity index is 0.00000144. The first kappa shape index (κ1) is 13.8. The lowest BCUT2D eigenvalue weighted by Gasteiger charge is -2.09. The number of aryl methyl sites for hydroxylation is 1. The van der Waals surface area contributed by atoms with Gasteiger partial charge in [-0.15, -0.1) is 17.0 Å². The summed E-state index contributed by atoms with van der Waals surface area (Å²) >= 11 is 0. The highest BCUT2D eigenvalue weighted by Crippen LogP contribution is 2.07. The molecule has 1 amide bonds. The van der Waals surface area contributed by atoms with Crippen LogP contribution in [0.25, 0.3) is 0 Å². The van der Waals surface area contributed by atoms with Crippen molar-refractivity contribution in [3.63, 3.8) is 0 Å². The molecule has 0 N–H and O–H groups in total. The summed E-state index contributed by atoms with van der Waals surface area (Å²) in [6, 6.07) is 0. The van der Waals surface area contributed by atoms with Gasteiger partial charge >= 0.3 is 0 Å². The summed E-state index contributed by atoms with van der Waals surface area (Å²) < 4.78 is 1.98. The van der Waals surface area contributed by atoms with Crippen molar-refractivity contribution in [3.05, 3.63) is 18.2 Å². The molecule has 2 rings (SSSR count). The lowest BCUT2D eigenvalue weighted by molar-refractivity contribution is -0.127. The topological polar surface area (TPSA) is 38.1 Å². The molecular formula is C12H16BrN3O. The maximum absolute atomic E-state index is 11.3. The number of aromatic nitrogens is 2. The molecule has 1 aliphatic rings. The van der Waals surface area contributed by atoms with Crippen LogP contribution in [0.5, 0.6) is 0 Å². The summed E-state index contributed by atoms with van der Waals surface area (Å²) in [6.07, 6.45) is 5.24. The van der Waals surface area contributed by atoms with Crippen LogP contribution in [-0.4, -0.2) is 33.4 Å². The van der Waals surface area contributed by atoms with Gasteiger partial charge in [-0.3, -0.25) is 4.79 Å². The number of rotatable bonds is 2. The van der Waals surface area contributed by atoms with Crippen molar-refractivity contribution in [1.29, 1.82) is 0 Å². The van der Waals surface area contributed by atoms with E-state index in [1.165, 1.54) is 0 Å². The smallest absolute Gasteiger partial charge is 0.223 e. The first-order valence-corrected chi connectivity index (χ1v) is 5.47. The Kier molecular flexibility index (Phi) is 5.23. The van der Waals surface area contributed by atoms with Crippen LogP contribution in [-0.2, 0) is 11.3 Å². The predicted molar refractivity (Wildman–Crippen MR) is 70.9 cm³/mol. The third kappa shape index (κ3) is 3.60. The minimum atomic E-state index is 0. The number of carbonyl (C=O) groups is 1. The molecule has 4 nitrogen and oxygen atoms in total. The second-order valence-corrected chi connectivity index (χ2v) is 3.94. The number of carbonyl (C=O) groups excluding carboxylic acids is 1. The lowest BCUT2D eigenvalue weighted by atomic mass is 10.4. The Bertz CT molecular complexity index is 444. The number of nitrogens with zero attached hydrogens (tertiary/aromatic N) is 3. The highest BCUT2D eigenvalue weighted by atomic mass is 79.9. The van der Waals surface area contributed by atoms with Crippen LogP contribution in [0.2, 0.25) is 0 Å². The Morgan fingerprint density at radius 2 is 2.18 bits per heavy atom. The molecule has 2 heterocycles. The zero-order valence-corrected chi connectivity index (χ0v) is 11.6. The van der Waals surface area contributed by atoms with Crippen molar-refractivity contribution in [3.8, 4) is 11.8 Å². The van der Waals surface area contributed by atoms with Crippen LogP contribution >= 0.6 is 17.0 Å². The molecule has 1 aromatic rings. The molecule has 1 saturated heterocycles. The van der Waals surface area contributed by atoms with Gasteiger partial charge in [0.1, 0.15) is 0 Å². The summed E-state index contributed by atoms with van der Waals surface area (Å²) in [7, 11) is 0. The van der Waals surface area contributed by atoms with Crippen molar-refractivity contribution >= 4 is 22.9 Å². The van der Waals surface area contributed by atoms with Gasteiger partial charge in [0.2, 0.25) is 5.91 Å². The van der Waals surface area contributed by atoms with Gasteiger partial charge in [-0.1, -0.05) is 11.8 Å². The quantitative estimate of drug-likeness (QED) is 0.774. The maximum atomic E-state index is 11.3. The molecule has 1 fully saturated rings. The van der Waals surface area contributed by atoms with E-state index in [1.807, 2.05) is 22.6 Å². The Morgan fingerprint density at radius 1 is 1.41 bits per heavy atom. The van der Waals surface area contributed by atoms with Crippen molar-refractivity contribution < 1.29 is 4.79 Å². The van der Waals surface area contributed by atoms with Crippen LogP contribution in [0.15, 0.2) is 12.5 Å². The fraction of sp³-hybridized carbons (Fsp3) is 0.500. The Morgan fingerprint density at radius 3 is 2.76 bits per heavy atom. The molecule has 0 saturated carbocycles. The van der Waals surface area contributed by atoms with E-state index in [0.29, 0.717) is 19.5 Å². The van der Waals surface area contributed by atoms with Gasteiger partial charge < -0.3 is 9.47 Å². The molecule has 0 atom stereocenters. The second-order valence-electron chi connectivity index (χ2n) is 3.94. The molecule has 0 unspecified atom stereocenters. The largest absolute Gasteiger partial charge is 0.332 e. The van der Waals surface area contributed by atoms with Gasteiger partial charge in [-0.25, -0.2) is 4.98 Å². The molecule has 0 radical (unpaired) electrons. The fourth-order valence-electron chi connectivity index (χ4n) is 1.72. The third-order valence-corrected chi connectivity index (χ3v) is 2.74. The van der Waals surface area contributed by atoms with Crippen molar-refractivity contribution in [2.75, 3.05) is 13.1 Å². The van der Waals surface area contributed by atoms with Crippen LogP contribution in [0.3, 0.4) is 0 Å². The third-order valence-electron chi connectivity index (χ3n) is 2.74. The Labute approximate surface area is 112 Å². The number of amides is 1. The van der Waals surface area contributed by atoms with Crippen LogP contribution in [0.4, 0.5) is 0 Å². The lowest BCUT2D eigenvalue weighted by Crippen LogP contribution is -2.24. The molecule has 0 bridgehead atoms.